The number of amides is 1. The minimum absolute atomic E-state index is 0.172. The van der Waals surface area contributed by atoms with Gasteiger partial charge in [0.05, 0.1) is 7.11 Å². The number of hydrogen-bond acceptors (Lipinski definition) is 5. The summed E-state index contributed by atoms with van der Waals surface area (Å²) in [5.74, 6) is 0.475. The lowest BCUT2D eigenvalue weighted by Gasteiger charge is -2.30. The Morgan fingerprint density at radius 1 is 1.09 bits per heavy atom. The number of piperidine rings is 1. The van der Waals surface area contributed by atoms with E-state index in [9.17, 15) is 9.18 Å². The van der Waals surface area contributed by atoms with Gasteiger partial charge in [0.25, 0.3) is 0 Å². The lowest BCUT2D eigenvalue weighted by atomic mass is 9.89. The van der Waals surface area contributed by atoms with Gasteiger partial charge >= 0.3 is 6.09 Å². The van der Waals surface area contributed by atoms with Crippen molar-refractivity contribution in [3.05, 3.63) is 72.2 Å². The van der Waals surface area contributed by atoms with Gasteiger partial charge in [-0.2, -0.15) is 4.98 Å². The lowest BCUT2D eigenvalue weighted by molar-refractivity contribution is 0.132. The average molecular weight is 461 g/mol. The second-order valence-corrected chi connectivity index (χ2v) is 8.24. The van der Waals surface area contributed by atoms with Crippen molar-refractivity contribution in [3.63, 3.8) is 0 Å². The highest BCUT2D eigenvalue weighted by molar-refractivity contribution is 5.79. The van der Waals surface area contributed by atoms with Crippen molar-refractivity contribution in [2.45, 2.75) is 18.8 Å². The molecular weight excluding hydrogens is 437 g/mol. The topological polar surface area (TPSA) is 92.0 Å². The molecule has 9 heteroatoms. The number of fused-ring (bicyclic) bond motifs is 1. The number of aromatic nitrogens is 3. The monoisotopic (exact) mass is 461 g/mol. The highest BCUT2D eigenvalue weighted by Crippen LogP contribution is 2.32. The number of halogens is 1. The average Bonchev–Trinajstić information content (AvgIpc) is 3.27. The van der Waals surface area contributed by atoms with Gasteiger partial charge in [0.15, 0.2) is 17.2 Å². The van der Waals surface area contributed by atoms with E-state index in [1.807, 2.05) is 12.1 Å². The first-order chi connectivity index (χ1) is 16.5. The van der Waals surface area contributed by atoms with Crippen molar-refractivity contribution in [1.29, 1.82) is 0 Å². The van der Waals surface area contributed by atoms with Gasteiger partial charge in [0, 0.05) is 36.1 Å². The van der Waals surface area contributed by atoms with Crippen molar-refractivity contribution >= 4 is 23.4 Å². The highest BCUT2D eigenvalue weighted by Gasteiger charge is 2.23. The Morgan fingerprint density at radius 2 is 1.82 bits per heavy atom. The summed E-state index contributed by atoms with van der Waals surface area (Å²) in [6.07, 6.45) is 2.55. The summed E-state index contributed by atoms with van der Waals surface area (Å²) < 4.78 is 21.6. The van der Waals surface area contributed by atoms with Crippen LogP contribution >= 0.6 is 0 Å². The fourth-order valence-electron chi connectivity index (χ4n) is 4.42. The summed E-state index contributed by atoms with van der Waals surface area (Å²) in [6, 6.07) is 16.6. The van der Waals surface area contributed by atoms with E-state index in [2.05, 4.69) is 27.5 Å². The number of anilines is 2. The maximum atomic E-state index is 14.9. The van der Waals surface area contributed by atoms with E-state index in [1.54, 1.807) is 41.0 Å². The van der Waals surface area contributed by atoms with E-state index < -0.39 is 11.9 Å². The molecule has 1 amide bonds. The number of methoxy groups -OCH3 is 1. The van der Waals surface area contributed by atoms with Crippen LogP contribution in [0.4, 0.5) is 20.8 Å². The van der Waals surface area contributed by atoms with E-state index in [0.717, 1.165) is 18.5 Å². The van der Waals surface area contributed by atoms with Gasteiger partial charge in [0.1, 0.15) is 0 Å². The van der Waals surface area contributed by atoms with Gasteiger partial charge in [-0.1, -0.05) is 24.3 Å². The highest BCUT2D eigenvalue weighted by atomic mass is 19.1. The van der Waals surface area contributed by atoms with Crippen LogP contribution in [0.2, 0.25) is 0 Å². The molecule has 4 aromatic rings. The molecule has 1 aliphatic heterocycles. The molecule has 0 radical (unpaired) electrons. The van der Waals surface area contributed by atoms with E-state index in [1.165, 1.54) is 17.6 Å². The van der Waals surface area contributed by atoms with Crippen LogP contribution in [0.25, 0.3) is 16.8 Å². The van der Waals surface area contributed by atoms with E-state index >= 15 is 0 Å². The van der Waals surface area contributed by atoms with Gasteiger partial charge in [-0.05, 0) is 54.7 Å². The zero-order valence-electron chi connectivity index (χ0n) is 18.6. The van der Waals surface area contributed by atoms with Crippen molar-refractivity contribution < 1.29 is 19.0 Å². The Kier molecular flexibility index (Phi) is 5.75. The molecule has 0 aliphatic carbocycles. The van der Waals surface area contributed by atoms with Crippen LogP contribution in [0.3, 0.4) is 0 Å². The molecule has 2 aromatic carbocycles. The fraction of sp³-hybridized carbons (Fsp3) is 0.240. The first kappa shape index (κ1) is 21.7. The largest absolute Gasteiger partial charge is 0.494 e. The SMILES string of the molecule is COc1cccc(-c2cccn3nc(Nc4ccc(C5CCN(C(=O)O)CC5)cc4)nc23)c1F. The molecule has 1 saturated heterocycles. The Hall–Kier alpha value is -4.14. The maximum Gasteiger partial charge on any atom is 0.407 e. The number of carbonyl (C=O) groups is 1. The smallest absolute Gasteiger partial charge is 0.407 e. The van der Waals surface area contributed by atoms with Crippen LogP contribution in [-0.4, -0.2) is 50.9 Å². The Bertz CT molecular complexity index is 1330. The second-order valence-electron chi connectivity index (χ2n) is 8.24. The van der Waals surface area contributed by atoms with Crippen LogP contribution in [0, 0.1) is 5.82 Å². The van der Waals surface area contributed by atoms with Crippen molar-refractivity contribution in [3.8, 4) is 16.9 Å². The Balaban J connectivity index is 1.35. The van der Waals surface area contributed by atoms with Crippen molar-refractivity contribution in [2.24, 2.45) is 0 Å². The van der Waals surface area contributed by atoms with Crippen LogP contribution < -0.4 is 10.1 Å². The summed E-state index contributed by atoms with van der Waals surface area (Å²) in [6.45, 7) is 1.11. The number of pyridine rings is 1. The second kappa shape index (κ2) is 9.01. The molecule has 2 N–H and O–H groups in total. The van der Waals surface area contributed by atoms with E-state index in [0.29, 0.717) is 41.7 Å². The predicted octanol–water partition coefficient (Wildman–Crippen LogP) is 5.15. The summed E-state index contributed by atoms with van der Waals surface area (Å²) in [7, 11) is 1.44. The molecule has 1 fully saturated rings. The third-order valence-corrected chi connectivity index (χ3v) is 6.24. The van der Waals surface area contributed by atoms with Crippen LogP contribution in [0.15, 0.2) is 60.8 Å². The van der Waals surface area contributed by atoms with Gasteiger partial charge in [-0.25, -0.2) is 13.7 Å². The predicted molar refractivity (Wildman–Crippen MR) is 126 cm³/mol. The molecular formula is C25H24FN5O3. The minimum atomic E-state index is -0.852. The molecule has 0 spiro atoms. The molecule has 8 nitrogen and oxygen atoms in total. The molecule has 3 heterocycles. The number of benzene rings is 2. The number of nitrogens with zero attached hydrogens (tertiary/aromatic N) is 4. The fourth-order valence-corrected chi connectivity index (χ4v) is 4.42. The number of hydrogen-bond donors (Lipinski definition) is 2. The molecule has 0 atom stereocenters. The van der Waals surface area contributed by atoms with Gasteiger partial charge < -0.3 is 20.1 Å². The van der Waals surface area contributed by atoms with Crippen LogP contribution in [0.1, 0.15) is 24.3 Å². The Labute approximate surface area is 195 Å². The van der Waals surface area contributed by atoms with E-state index in [-0.39, 0.29) is 5.75 Å². The minimum Gasteiger partial charge on any atom is -0.494 e. The number of carboxylic acid groups (broad SMARTS) is 1. The quantitative estimate of drug-likeness (QED) is 0.427. The standard InChI is InChI=1S/C25H24FN5O3/c1-34-21-6-2-4-19(22(21)26)20-5-3-13-31-23(20)28-24(29-31)27-18-9-7-16(8-10-18)17-11-14-30(15-12-17)25(32)33/h2-10,13,17H,11-12,14-15H2,1H3,(H,27,29)(H,32,33). The zero-order chi connectivity index (χ0) is 23.7. The van der Waals surface area contributed by atoms with Crippen LogP contribution in [-0.2, 0) is 0 Å². The van der Waals surface area contributed by atoms with Crippen molar-refractivity contribution in [2.75, 3.05) is 25.5 Å². The summed E-state index contributed by atoms with van der Waals surface area (Å²) >= 11 is 0. The van der Waals surface area contributed by atoms with Gasteiger partial charge in [-0.15, -0.1) is 5.10 Å². The van der Waals surface area contributed by atoms with Gasteiger partial charge in [-0.3, -0.25) is 0 Å². The van der Waals surface area contributed by atoms with Gasteiger partial charge in [0.2, 0.25) is 5.95 Å². The first-order valence-corrected chi connectivity index (χ1v) is 11.1. The molecule has 1 aliphatic rings. The first-order valence-electron chi connectivity index (χ1n) is 11.1. The summed E-state index contributed by atoms with van der Waals surface area (Å²) in [5, 5.41) is 16.8. The molecule has 174 valence electrons. The van der Waals surface area contributed by atoms with Crippen LogP contribution in [0.5, 0.6) is 5.75 Å². The third kappa shape index (κ3) is 4.12. The molecule has 5 rings (SSSR count). The molecule has 34 heavy (non-hydrogen) atoms. The Morgan fingerprint density at radius 3 is 2.53 bits per heavy atom. The van der Waals surface area contributed by atoms with Crippen molar-refractivity contribution in [1.82, 2.24) is 19.5 Å². The van der Waals surface area contributed by atoms with E-state index in [4.69, 9.17) is 9.84 Å². The lowest BCUT2D eigenvalue weighted by Crippen LogP contribution is -2.36. The number of rotatable bonds is 5. The third-order valence-electron chi connectivity index (χ3n) is 6.24. The normalized spacial score (nSPS) is 14.4. The number of likely N-dealkylation sites (tertiary alicyclic amines) is 1. The molecule has 2 aromatic heterocycles. The maximum absolute atomic E-state index is 14.9. The summed E-state index contributed by atoms with van der Waals surface area (Å²) in [5.41, 5.74) is 3.55. The number of nitrogens with one attached hydrogen (secondary N) is 1. The molecule has 0 unspecified atom stereocenters. The number of ether oxygens (including phenoxy) is 1. The molecule has 0 saturated carbocycles. The molecule has 0 bridgehead atoms. The summed E-state index contributed by atoms with van der Waals surface area (Å²) in [4.78, 5) is 17.2. The zero-order valence-corrected chi connectivity index (χ0v) is 18.6.